The Kier molecular flexibility index (Phi) is 4.62. The van der Waals surface area contributed by atoms with Gasteiger partial charge in [0.05, 0.1) is 11.1 Å². The van der Waals surface area contributed by atoms with Gasteiger partial charge < -0.3 is 10.5 Å². The van der Waals surface area contributed by atoms with Crippen molar-refractivity contribution in [3.8, 4) is 0 Å². The van der Waals surface area contributed by atoms with Crippen molar-refractivity contribution < 1.29 is 4.74 Å². The summed E-state index contributed by atoms with van der Waals surface area (Å²) in [5, 5.41) is 0. The lowest BCUT2D eigenvalue weighted by Crippen LogP contribution is -2.19. The zero-order valence-electron chi connectivity index (χ0n) is 5.89. The van der Waals surface area contributed by atoms with Crippen molar-refractivity contribution in [1.29, 1.82) is 0 Å². The summed E-state index contributed by atoms with van der Waals surface area (Å²) in [4.78, 5) is 0.531. The second-order valence-electron chi connectivity index (χ2n) is 1.94. The molecule has 1 unspecified atom stereocenters. The molecule has 1 atom stereocenters. The summed E-state index contributed by atoms with van der Waals surface area (Å²) in [6.45, 7) is 2.05. The van der Waals surface area contributed by atoms with Gasteiger partial charge in [-0.2, -0.15) is 0 Å². The standard InChI is InChI=1S/C6H13NOS/c1-3-5(8-2)4-6(7)9/h5H,3-4H2,1-2H3,(H2,7,9). The molecule has 0 amide bonds. The summed E-state index contributed by atoms with van der Waals surface area (Å²) in [6.07, 6.45) is 1.87. The van der Waals surface area contributed by atoms with Crippen molar-refractivity contribution in [1.82, 2.24) is 0 Å². The topological polar surface area (TPSA) is 35.2 Å². The Bertz CT molecular complexity index is 91.1. The van der Waals surface area contributed by atoms with E-state index < -0.39 is 0 Å². The number of methoxy groups -OCH3 is 1. The highest BCUT2D eigenvalue weighted by molar-refractivity contribution is 7.80. The van der Waals surface area contributed by atoms with E-state index in [9.17, 15) is 0 Å². The molecule has 0 spiro atoms. The first-order valence-corrected chi connectivity index (χ1v) is 3.42. The summed E-state index contributed by atoms with van der Waals surface area (Å²) in [7, 11) is 1.67. The Morgan fingerprint density at radius 2 is 2.33 bits per heavy atom. The third-order valence-corrected chi connectivity index (χ3v) is 1.38. The van der Waals surface area contributed by atoms with Crippen LogP contribution in [0.5, 0.6) is 0 Å². The van der Waals surface area contributed by atoms with E-state index in [2.05, 4.69) is 0 Å². The van der Waals surface area contributed by atoms with Gasteiger partial charge in [0.15, 0.2) is 0 Å². The monoisotopic (exact) mass is 147 g/mol. The zero-order valence-corrected chi connectivity index (χ0v) is 6.70. The van der Waals surface area contributed by atoms with Crippen LogP contribution in [0, 0.1) is 0 Å². The molecule has 0 aromatic rings. The molecule has 0 saturated heterocycles. The molecular formula is C6H13NOS. The fourth-order valence-electron chi connectivity index (χ4n) is 0.619. The number of ether oxygens (including phenoxy) is 1. The summed E-state index contributed by atoms with van der Waals surface area (Å²) in [5.74, 6) is 0. The molecule has 0 aliphatic carbocycles. The van der Waals surface area contributed by atoms with Gasteiger partial charge in [0.2, 0.25) is 0 Å². The van der Waals surface area contributed by atoms with Gasteiger partial charge in [-0.3, -0.25) is 0 Å². The molecule has 0 saturated carbocycles. The van der Waals surface area contributed by atoms with Gasteiger partial charge in [-0.15, -0.1) is 0 Å². The maximum absolute atomic E-state index is 5.30. The molecule has 0 rings (SSSR count). The number of nitrogens with two attached hydrogens (primary N) is 1. The highest BCUT2D eigenvalue weighted by Crippen LogP contribution is 2.00. The molecule has 0 aliphatic rings. The molecule has 2 nitrogen and oxygen atoms in total. The Morgan fingerprint density at radius 3 is 2.44 bits per heavy atom. The Labute approximate surface area is 61.4 Å². The molecule has 2 N–H and O–H groups in total. The molecule has 0 radical (unpaired) electrons. The van der Waals surface area contributed by atoms with Gasteiger partial charge in [-0.25, -0.2) is 0 Å². The molecule has 0 fully saturated rings. The van der Waals surface area contributed by atoms with E-state index in [1.165, 1.54) is 0 Å². The van der Waals surface area contributed by atoms with Crippen LogP contribution >= 0.6 is 12.2 Å². The normalized spacial score (nSPS) is 13.1. The quantitative estimate of drug-likeness (QED) is 0.604. The molecule has 0 aliphatic heterocycles. The van der Waals surface area contributed by atoms with E-state index in [0.717, 1.165) is 6.42 Å². The second kappa shape index (κ2) is 4.70. The maximum atomic E-state index is 5.30. The van der Waals surface area contributed by atoms with Crippen molar-refractivity contribution in [2.24, 2.45) is 5.73 Å². The minimum atomic E-state index is 0.211. The first-order chi connectivity index (χ1) is 4.20. The molecule has 9 heavy (non-hydrogen) atoms. The summed E-state index contributed by atoms with van der Waals surface area (Å²) < 4.78 is 5.04. The van der Waals surface area contributed by atoms with Crippen LogP contribution in [0.4, 0.5) is 0 Å². The van der Waals surface area contributed by atoms with Crippen molar-refractivity contribution in [3.63, 3.8) is 0 Å². The Balaban J connectivity index is 3.43. The van der Waals surface area contributed by atoms with E-state index in [-0.39, 0.29) is 6.10 Å². The van der Waals surface area contributed by atoms with Crippen molar-refractivity contribution in [2.45, 2.75) is 25.9 Å². The van der Waals surface area contributed by atoms with E-state index in [4.69, 9.17) is 22.7 Å². The number of hydrogen-bond donors (Lipinski definition) is 1. The molecule has 0 aromatic heterocycles. The molecular weight excluding hydrogens is 134 g/mol. The van der Waals surface area contributed by atoms with Crippen LogP contribution in [0.25, 0.3) is 0 Å². The fraction of sp³-hybridized carbons (Fsp3) is 0.833. The van der Waals surface area contributed by atoms with E-state index in [1.54, 1.807) is 7.11 Å². The number of rotatable bonds is 4. The third kappa shape index (κ3) is 4.36. The van der Waals surface area contributed by atoms with Crippen LogP contribution in [0.1, 0.15) is 19.8 Å². The van der Waals surface area contributed by atoms with Crippen LogP contribution < -0.4 is 5.73 Å². The summed E-state index contributed by atoms with van der Waals surface area (Å²) >= 11 is 4.70. The van der Waals surface area contributed by atoms with E-state index in [1.807, 2.05) is 6.92 Å². The van der Waals surface area contributed by atoms with Crippen LogP contribution in [0.2, 0.25) is 0 Å². The lowest BCUT2D eigenvalue weighted by molar-refractivity contribution is 0.106. The second-order valence-corrected chi connectivity index (χ2v) is 2.46. The summed E-state index contributed by atoms with van der Waals surface area (Å²) in [6, 6.07) is 0. The molecule has 3 heteroatoms. The van der Waals surface area contributed by atoms with Gasteiger partial charge in [0.1, 0.15) is 0 Å². The Hall–Kier alpha value is -0.150. The predicted molar refractivity (Wildman–Crippen MR) is 42.5 cm³/mol. The maximum Gasteiger partial charge on any atom is 0.0753 e. The lowest BCUT2D eigenvalue weighted by atomic mass is 10.2. The SMILES string of the molecule is CCC(CC(N)=S)OC. The van der Waals surface area contributed by atoms with Gasteiger partial charge in [0, 0.05) is 13.5 Å². The lowest BCUT2D eigenvalue weighted by Gasteiger charge is -2.10. The number of thiocarbonyl (C=S) groups is 1. The molecule has 0 heterocycles. The van der Waals surface area contributed by atoms with Crippen LogP contribution in [0.15, 0.2) is 0 Å². The minimum absolute atomic E-state index is 0.211. The predicted octanol–water partition coefficient (Wildman–Crippen LogP) is 1.09. The molecule has 54 valence electrons. The van der Waals surface area contributed by atoms with Crippen LogP contribution in [-0.2, 0) is 4.74 Å². The highest BCUT2D eigenvalue weighted by Gasteiger charge is 2.03. The highest BCUT2D eigenvalue weighted by atomic mass is 32.1. The molecule has 0 bridgehead atoms. The first kappa shape index (κ1) is 8.85. The fourth-order valence-corrected chi connectivity index (χ4v) is 0.805. The largest absolute Gasteiger partial charge is 0.393 e. The van der Waals surface area contributed by atoms with E-state index in [0.29, 0.717) is 11.4 Å². The summed E-state index contributed by atoms with van der Waals surface area (Å²) in [5.41, 5.74) is 5.30. The average molecular weight is 147 g/mol. The molecule has 0 aromatic carbocycles. The van der Waals surface area contributed by atoms with E-state index >= 15 is 0 Å². The van der Waals surface area contributed by atoms with Gasteiger partial charge in [-0.1, -0.05) is 19.1 Å². The van der Waals surface area contributed by atoms with Crippen molar-refractivity contribution in [2.75, 3.05) is 7.11 Å². The van der Waals surface area contributed by atoms with Crippen molar-refractivity contribution in [3.05, 3.63) is 0 Å². The van der Waals surface area contributed by atoms with Gasteiger partial charge in [-0.05, 0) is 6.42 Å². The first-order valence-electron chi connectivity index (χ1n) is 3.01. The van der Waals surface area contributed by atoms with Gasteiger partial charge >= 0.3 is 0 Å². The Morgan fingerprint density at radius 1 is 1.78 bits per heavy atom. The van der Waals surface area contributed by atoms with Crippen LogP contribution in [-0.4, -0.2) is 18.2 Å². The third-order valence-electron chi connectivity index (χ3n) is 1.22. The van der Waals surface area contributed by atoms with Crippen molar-refractivity contribution >= 4 is 17.2 Å². The minimum Gasteiger partial charge on any atom is -0.393 e. The smallest absolute Gasteiger partial charge is 0.0753 e. The van der Waals surface area contributed by atoms with Gasteiger partial charge in [0.25, 0.3) is 0 Å². The zero-order chi connectivity index (χ0) is 7.28. The average Bonchev–Trinajstić information content (AvgIpc) is 1.82. The van der Waals surface area contributed by atoms with Crippen LogP contribution in [0.3, 0.4) is 0 Å². The number of hydrogen-bond acceptors (Lipinski definition) is 2.